The summed E-state index contributed by atoms with van der Waals surface area (Å²) in [5, 5.41) is 5.57. The Morgan fingerprint density at radius 3 is 2.57 bits per heavy atom. The van der Waals surface area contributed by atoms with Crippen LogP contribution in [-0.2, 0) is 4.79 Å². The third-order valence-corrected chi connectivity index (χ3v) is 3.92. The second kappa shape index (κ2) is 8.08. The van der Waals surface area contributed by atoms with Crippen LogP contribution in [0.4, 0.5) is 5.13 Å². The van der Waals surface area contributed by atoms with Crippen LogP contribution in [0.3, 0.4) is 0 Å². The summed E-state index contributed by atoms with van der Waals surface area (Å²) in [4.78, 5) is 30.3. The number of nitrogens with one attached hydrogen (secondary N) is 1. The van der Waals surface area contributed by atoms with Crippen LogP contribution < -0.4 is 5.32 Å². The molecule has 0 radical (unpaired) electrons. The van der Waals surface area contributed by atoms with Gasteiger partial charge in [0.2, 0.25) is 5.91 Å². The van der Waals surface area contributed by atoms with Gasteiger partial charge in [0.25, 0.3) is 5.91 Å². The zero-order chi connectivity index (χ0) is 16.8. The number of benzene rings is 1. The van der Waals surface area contributed by atoms with Crippen molar-refractivity contribution in [3.63, 3.8) is 0 Å². The van der Waals surface area contributed by atoms with Gasteiger partial charge in [-0.3, -0.25) is 9.59 Å². The van der Waals surface area contributed by atoms with Gasteiger partial charge in [-0.2, -0.15) is 0 Å². The molecule has 0 spiro atoms. The van der Waals surface area contributed by atoms with E-state index in [4.69, 9.17) is 11.6 Å². The van der Waals surface area contributed by atoms with Gasteiger partial charge in [-0.05, 0) is 30.2 Å². The largest absolute Gasteiger partial charge is 0.329 e. The zero-order valence-corrected chi connectivity index (χ0v) is 14.5. The van der Waals surface area contributed by atoms with Gasteiger partial charge in [0, 0.05) is 28.7 Å². The Balaban J connectivity index is 2.07. The highest BCUT2D eigenvalue weighted by Crippen LogP contribution is 2.14. The molecule has 0 atom stereocenters. The van der Waals surface area contributed by atoms with Crippen molar-refractivity contribution in [2.24, 2.45) is 5.92 Å². The van der Waals surface area contributed by atoms with Crippen LogP contribution in [0.1, 0.15) is 24.2 Å². The molecule has 0 fully saturated rings. The highest BCUT2D eigenvalue weighted by molar-refractivity contribution is 7.13. The number of aromatic nitrogens is 1. The predicted octanol–water partition coefficient (Wildman–Crippen LogP) is 3.53. The van der Waals surface area contributed by atoms with Gasteiger partial charge in [-0.25, -0.2) is 4.98 Å². The van der Waals surface area contributed by atoms with Crippen molar-refractivity contribution in [3.05, 3.63) is 46.4 Å². The van der Waals surface area contributed by atoms with E-state index >= 15 is 0 Å². The number of nitrogens with zero attached hydrogens (tertiary/aromatic N) is 2. The number of hydrogen-bond acceptors (Lipinski definition) is 4. The lowest BCUT2D eigenvalue weighted by molar-refractivity contribution is -0.117. The van der Waals surface area contributed by atoms with Crippen molar-refractivity contribution >= 4 is 39.9 Å². The molecule has 0 aliphatic carbocycles. The first-order valence-corrected chi connectivity index (χ1v) is 8.45. The average molecular weight is 352 g/mol. The normalized spacial score (nSPS) is 10.6. The lowest BCUT2D eigenvalue weighted by Gasteiger charge is -2.24. The SMILES string of the molecule is CC(C)CN(CC(=O)Nc1nccs1)C(=O)c1ccc(Cl)cc1. The molecule has 0 aliphatic rings. The zero-order valence-electron chi connectivity index (χ0n) is 13.0. The van der Waals surface area contributed by atoms with E-state index in [1.54, 1.807) is 35.8 Å². The molecule has 0 aliphatic heterocycles. The highest BCUT2D eigenvalue weighted by atomic mass is 35.5. The summed E-state index contributed by atoms with van der Waals surface area (Å²) in [7, 11) is 0. The molecule has 122 valence electrons. The maximum absolute atomic E-state index is 12.6. The first-order chi connectivity index (χ1) is 11.0. The Bertz CT molecular complexity index is 656. The fourth-order valence-corrected chi connectivity index (χ4v) is 2.72. The molecule has 1 heterocycles. The van der Waals surface area contributed by atoms with Crippen molar-refractivity contribution in [3.8, 4) is 0 Å². The van der Waals surface area contributed by atoms with Crippen molar-refractivity contribution < 1.29 is 9.59 Å². The first-order valence-electron chi connectivity index (χ1n) is 7.20. The van der Waals surface area contributed by atoms with Gasteiger partial charge in [0.05, 0.1) is 0 Å². The summed E-state index contributed by atoms with van der Waals surface area (Å²) in [6, 6.07) is 6.66. The van der Waals surface area contributed by atoms with Gasteiger partial charge < -0.3 is 10.2 Å². The number of carbonyl (C=O) groups excluding carboxylic acids is 2. The Kier molecular flexibility index (Phi) is 6.12. The maximum Gasteiger partial charge on any atom is 0.254 e. The van der Waals surface area contributed by atoms with Crippen molar-refractivity contribution in [2.45, 2.75) is 13.8 Å². The highest BCUT2D eigenvalue weighted by Gasteiger charge is 2.20. The predicted molar refractivity (Wildman–Crippen MR) is 92.9 cm³/mol. The minimum Gasteiger partial charge on any atom is -0.329 e. The lowest BCUT2D eigenvalue weighted by atomic mass is 10.1. The van der Waals surface area contributed by atoms with Crippen LogP contribution >= 0.6 is 22.9 Å². The van der Waals surface area contributed by atoms with Crippen molar-refractivity contribution in [1.82, 2.24) is 9.88 Å². The van der Waals surface area contributed by atoms with Crippen LogP contribution in [-0.4, -0.2) is 34.8 Å². The molecular formula is C16H18ClN3O2S. The lowest BCUT2D eigenvalue weighted by Crippen LogP contribution is -2.40. The molecule has 1 aromatic carbocycles. The summed E-state index contributed by atoms with van der Waals surface area (Å²) in [5.74, 6) is -0.202. The summed E-state index contributed by atoms with van der Waals surface area (Å²) in [6.45, 7) is 4.48. The van der Waals surface area contributed by atoms with E-state index in [0.29, 0.717) is 22.3 Å². The number of carbonyl (C=O) groups is 2. The van der Waals surface area contributed by atoms with Crippen LogP contribution in [0, 0.1) is 5.92 Å². The molecule has 0 bridgehead atoms. The number of amides is 2. The molecule has 0 saturated carbocycles. The molecule has 0 unspecified atom stereocenters. The van der Waals surface area contributed by atoms with E-state index < -0.39 is 0 Å². The number of halogens is 1. The fraction of sp³-hybridized carbons (Fsp3) is 0.312. The van der Waals surface area contributed by atoms with Crippen LogP contribution in [0.15, 0.2) is 35.8 Å². The molecule has 2 amide bonds. The second-order valence-corrected chi connectivity index (χ2v) is 6.80. The summed E-state index contributed by atoms with van der Waals surface area (Å²) in [6.07, 6.45) is 1.62. The molecule has 5 nitrogen and oxygen atoms in total. The molecule has 1 aromatic heterocycles. The van der Waals surface area contributed by atoms with Crippen LogP contribution in [0.5, 0.6) is 0 Å². The molecule has 7 heteroatoms. The number of anilines is 1. The minimum atomic E-state index is -0.261. The van der Waals surface area contributed by atoms with Gasteiger partial charge in [0.15, 0.2) is 5.13 Å². The summed E-state index contributed by atoms with van der Waals surface area (Å²) >= 11 is 7.19. The minimum absolute atomic E-state index is 0.0147. The van der Waals surface area contributed by atoms with Crippen molar-refractivity contribution in [1.29, 1.82) is 0 Å². The fourth-order valence-electron chi connectivity index (χ4n) is 2.05. The van der Waals surface area contributed by atoms with Gasteiger partial charge in [-0.15, -0.1) is 11.3 Å². The Morgan fingerprint density at radius 2 is 2.00 bits per heavy atom. The summed E-state index contributed by atoms with van der Waals surface area (Å²) in [5.41, 5.74) is 0.511. The van der Waals surface area contributed by atoms with Gasteiger partial charge in [-0.1, -0.05) is 25.4 Å². The Hall–Kier alpha value is -1.92. The quantitative estimate of drug-likeness (QED) is 0.865. The van der Waals surface area contributed by atoms with E-state index in [1.807, 2.05) is 13.8 Å². The Labute approximate surface area is 144 Å². The summed E-state index contributed by atoms with van der Waals surface area (Å²) < 4.78 is 0. The average Bonchev–Trinajstić information content (AvgIpc) is 2.99. The van der Waals surface area contributed by atoms with Gasteiger partial charge >= 0.3 is 0 Å². The topological polar surface area (TPSA) is 62.3 Å². The molecule has 23 heavy (non-hydrogen) atoms. The molecular weight excluding hydrogens is 334 g/mol. The smallest absolute Gasteiger partial charge is 0.254 e. The van der Waals surface area contributed by atoms with Crippen molar-refractivity contribution in [2.75, 3.05) is 18.4 Å². The monoisotopic (exact) mass is 351 g/mol. The first kappa shape index (κ1) is 17.4. The third-order valence-electron chi connectivity index (χ3n) is 2.98. The van der Waals surface area contributed by atoms with E-state index in [9.17, 15) is 9.59 Å². The number of thiazole rings is 1. The third kappa shape index (κ3) is 5.33. The van der Waals surface area contributed by atoms with E-state index in [2.05, 4.69) is 10.3 Å². The molecule has 1 N–H and O–H groups in total. The van der Waals surface area contributed by atoms with E-state index in [1.165, 1.54) is 16.2 Å². The maximum atomic E-state index is 12.6. The van der Waals surface area contributed by atoms with Crippen LogP contribution in [0.25, 0.3) is 0 Å². The van der Waals surface area contributed by atoms with E-state index in [-0.39, 0.29) is 24.3 Å². The second-order valence-electron chi connectivity index (χ2n) is 5.47. The number of rotatable bonds is 6. The Morgan fingerprint density at radius 1 is 1.30 bits per heavy atom. The van der Waals surface area contributed by atoms with Crippen LogP contribution in [0.2, 0.25) is 5.02 Å². The number of hydrogen-bond donors (Lipinski definition) is 1. The molecule has 2 rings (SSSR count). The molecule has 0 saturated heterocycles. The standard InChI is InChI=1S/C16H18ClN3O2S/c1-11(2)9-20(10-14(21)19-16-18-7-8-23-16)15(22)12-3-5-13(17)6-4-12/h3-8,11H,9-10H2,1-2H3,(H,18,19,21). The van der Waals surface area contributed by atoms with Gasteiger partial charge in [0.1, 0.15) is 6.54 Å². The molecule has 2 aromatic rings. The van der Waals surface area contributed by atoms with E-state index in [0.717, 1.165) is 0 Å².